The van der Waals surface area contributed by atoms with Crippen LogP contribution in [0.4, 0.5) is 14.9 Å². The first-order chi connectivity index (χ1) is 16.5. The second-order valence-electron chi connectivity index (χ2n) is 9.97. The number of methoxy groups -OCH3 is 1. The predicted octanol–water partition coefficient (Wildman–Crippen LogP) is 3.86. The molecule has 3 N–H and O–H groups in total. The van der Waals surface area contributed by atoms with Crippen molar-refractivity contribution >= 4 is 22.6 Å². The summed E-state index contributed by atoms with van der Waals surface area (Å²) in [5.41, 5.74) is 3.46. The van der Waals surface area contributed by atoms with Crippen LogP contribution in [0, 0.1) is 11.7 Å². The van der Waals surface area contributed by atoms with Gasteiger partial charge in [0.15, 0.2) is 0 Å². The molecule has 7 nitrogen and oxygen atoms in total. The summed E-state index contributed by atoms with van der Waals surface area (Å²) in [5.74, 6) is 1.08. The van der Waals surface area contributed by atoms with Crippen molar-refractivity contribution in [2.75, 3.05) is 45.2 Å². The van der Waals surface area contributed by atoms with E-state index >= 15 is 0 Å². The lowest BCUT2D eigenvalue weighted by Gasteiger charge is -2.56. The van der Waals surface area contributed by atoms with Gasteiger partial charge in [0, 0.05) is 59.9 Å². The lowest BCUT2D eigenvalue weighted by molar-refractivity contribution is 0.0144. The third-order valence-corrected chi connectivity index (χ3v) is 7.56. The minimum Gasteiger partial charge on any atom is -0.497 e. The van der Waals surface area contributed by atoms with Gasteiger partial charge in [-0.2, -0.15) is 0 Å². The van der Waals surface area contributed by atoms with Gasteiger partial charge in [0.25, 0.3) is 0 Å². The van der Waals surface area contributed by atoms with Crippen molar-refractivity contribution in [2.24, 2.45) is 5.92 Å². The smallest absolute Gasteiger partial charge is 0.321 e. The fraction of sp³-hybridized carbons (Fsp3) is 0.423. The largest absolute Gasteiger partial charge is 0.497 e. The van der Waals surface area contributed by atoms with Crippen LogP contribution in [0.1, 0.15) is 30.1 Å². The van der Waals surface area contributed by atoms with Gasteiger partial charge < -0.3 is 25.0 Å². The number of fused-ring (bicyclic) bond motifs is 4. The molecule has 2 amide bonds. The summed E-state index contributed by atoms with van der Waals surface area (Å²) in [6.45, 7) is 2.94. The summed E-state index contributed by atoms with van der Waals surface area (Å²) in [6.07, 6.45) is 2.47. The number of aromatic nitrogens is 1. The maximum absolute atomic E-state index is 13.6. The molecule has 3 aromatic rings. The van der Waals surface area contributed by atoms with Gasteiger partial charge in [0.05, 0.1) is 19.8 Å². The number of ether oxygens (including phenoxy) is 1. The Morgan fingerprint density at radius 1 is 1.24 bits per heavy atom. The first-order valence-corrected chi connectivity index (χ1v) is 11.9. The second-order valence-corrected chi connectivity index (χ2v) is 9.97. The van der Waals surface area contributed by atoms with Gasteiger partial charge in [0.2, 0.25) is 0 Å². The van der Waals surface area contributed by atoms with Crippen LogP contribution >= 0.6 is 0 Å². The molecule has 3 heterocycles. The number of aliphatic hydroxyl groups is 1. The highest BCUT2D eigenvalue weighted by molar-refractivity contribution is 5.92. The highest BCUT2D eigenvalue weighted by Crippen LogP contribution is 2.49. The zero-order chi connectivity index (χ0) is 23.4. The number of aliphatic hydroxyl groups excluding tert-OH is 1. The third kappa shape index (κ3) is 3.52. The van der Waals surface area contributed by atoms with Crippen LogP contribution in [0.3, 0.4) is 0 Å². The molecular formula is C26H29FN4O3. The molecule has 0 radical (unpaired) electrons. The first-order valence-electron chi connectivity index (χ1n) is 11.9. The Balaban J connectivity index is 1.33. The Kier molecular flexibility index (Phi) is 5.04. The summed E-state index contributed by atoms with van der Waals surface area (Å²) in [7, 11) is 1.65. The fourth-order valence-electron chi connectivity index (χ4n) is 5.79. The fourth-order valence-corrected chi connectivity index (χ4v) is 5.79. The topological polar surface area (TPSA) is 80.8 Å². The number of amides is 2. The summed E-state index contributed by atoms with van der Waals surface area (Å²) in [6, 6.07) is 11.7. The van der Waals surface area contributed by atoms with E-state index in [9.17, 15) is 14.3 Å². The Morgan fingerprint density at radius 2 is 2.06 bits per heavy atom. The molecule has 178 valence electrons. The molecule has 3 aliphatic rings. The standard InChI is InChI=1S/C26H29FN4O3/c1-34-19-7-8-20-21(10-19)29-24-22(12-32)30(11-16-5-6-16)13-26(23(20)24)14-31(15-26)25(33)28-18-4-2-3-17(27)9-18/h2-4,7-10,16,22,29,32H,5-6,11-15H2,1H3,(H,28,33)/t22-/m0/s1. The molecule has 1 saturated heterocycles. The van der Waals surface area contributed by atoms with Gasteiger partial charge in [-0.1, -0.05) is 6.07 Å². The van der Waals surface area contributed by atoms with Crippen LogP contribution in [0.2, 0.25) is 0 Å². The quantitative estimate of drug-likeness (QED) is 0.536. The number of nitrogens with zero attached hydrogens (tertiary/aromatic N) is 2. The highest BCUT2D eigenvalue weighted by atomic mass is 19.1. The molecule has 1 saturated carbocycles. The van der Waals surface area contributed by atoms with Crippen molar-refractivity contribution < 1.29 is 19.0 Å². The van der Waals surface area contributed by atoms with E-state index in [-0.39, 0.29) is 29.9 Å². The molecule has 0 bridgehead atoms. The van der Waals surface area contributed by atoms with Crippen LogP contribution in [-0.4, -0.2) is 65.8 Å². The van der Waals surface area contributed by atoms with E-state index in [4.69, 9.17) is 4.74 Å². The minimum atomic E-state index is -0.380. The lowest BCUT2D eigenvalue weighted by atomic mass is 9.68. The van der Waals surface area contributed by atoms with Crippen LogP contribution < -0.4 is 10.1 Å². The Morgan fingerprint density at radius 3 is 2.76 bits per heavy atom. The number of benzene rings is 2. The maximum Gasteiger partial charge on any atom is 0.321 e. The highest BCUT2D eigenvalue weighted by Gasteiger charge is 2.54. The van der Waals surface area contributed by atoms with Crippen molar-refractivity contribution in [2.45, 2.75) is 24.3 Å². The van der Waals surface area contributed by atoms with E-state index < -0.39 is 0 Å². The van der Waals surface area contributed by atoms with Gasteiger partial charge in [0.1, 0.15) is 11.6 Å². The summed E-state index contributed by atoms with van der Waals surface area (Å²) < 4.78 is 19.0. The van der Waals surface area contributed by atoms with E-state index in [0.29, 0.717) is 24.7 Å². The van der Waals surface area contributed by atoms with Crippen molar-refractivity contribution in [1.82, 2.24) is 14.8 Å². The predicted molar refractivity (Wildman–Crippen MR) is 128 cm³/mol. The molecule has 34 heavy (non-hydrogen) atoms. The average Bonchev–Trinajstić information content (AvgIpc) is 3.53. The number of anilines is 1. The zero-order valence-corrected chi connectivity index (χ0v) is 19.2. The Labute approximate surface area is 197 Å². The van der Waals surface area contributed by atoms with Crippen LogP contribution in [0.15, 0.2) is 42.5 Å². The van der Waals surface area contributed by atoms with Gasteiger partial charge in [-0.3, -0.25) is 4.90 Å². The van der Waals surface area contributed by atoms with Crippen molar-refractivity contribution in [3.8, 4) is 5.75 Å². The molecule has 6 rings (SSSR count). The molecule has 1 aliphatic carbocycles. The maximum atomic E-state index is 13.6. The SMILES string of the molecule is COc1ccc2c3c([nH]c2c1)[C@H](CO)N(CC1CC1)CC31CN(C(=O)Nc2cccc(F)c2)C1. The number of rotatable bonds is 5. The number of likely N-dealkylation sites (tertiary alicyclic amines) is 1. The summed E-state index contributed by atoms with van der Waals surface area (Å²) in [5, 5.41) is 14.3. The zero-order valence-electron chi connectivity index (χ0n) is 19.2. The molecule has 1 atom stereocenters. The van der Waals surface area contributed by atoms with E-state index in [1.807, 2.05) is 12.1 Å². The summed E-state index contributed by atoms with van der Waals surface area (Å²) in [4.78, 5) is 20.7. The second kappa shape index (κ2) is 7.99. The van der Waals surface area contributed by atoms with Gasteiger partial charge >= 0.3 is 6.03 Å². The average molecular weight is 465 g/mol. The molecule has 2 aromatic carbocycles. The Bertz CT molecular complexity index is 1250. The minimum absolute atomic E-state index is 0.0452. The molecule has 8 heteroatoms. The monoisotopic (exact) mass is 464 g/mol. The molecule has 0 unspecified atom stereocenters. The molecule has 1 spiro atoms. The number of hydrogen-bond donors (Lipinski definition) is 3. The van der Waals surface area contributed by atoms with Crippen LogP contribution in [-0.2, 0) is 5.41 Å². The lowest BCUT2D eigenvalue weighted by Crippen LogP contribution is -2.68. The molecule has 2 aliphatic heterocycles. The number of carbonyl (C=O) groups is 1. The number of H-pyrrole nitrogens is 1. The normalized spacial score (nSPS) is 21.4. The van der Waals surface area contributed by atoms with E-state index in [1.165, 1.54) is 30.5 Å². The Hall–Kier alpha value is -3.10. The molecule has 2 fully saturated rings. The number of halogens is 1. The molecule has 1 aromatic heterocycles. The van der Waals surface area contributed by atoms with E-state index in [0.717, 1.165) is 35.4 Å². The third-order valence-electron chi connectivity index (χ3n) is 7.56. The number of carbonyl (C=O) groups excluding carboxylic acids is 1. The van der Waals surface area contributed by atoms with E-state index in [2.05, 4.69) is 21.3 Å². The van der Waals surface area contributed by atoms with Gasteiger partial charge in [-0.05, 0) is 54.7 Å². The summed E-state index contributed by atoms with van der Waals surface area (Å²) >= 11 is 0. The van der Waals surface area contributed by atoms with Crippen LogP contribution in [0.5, 0.6) is 5.75 Å². The number of nitrogens with one attached hydrogen (secondary N) is 2. The molecular weight excluding hydrogens is 435 g/mol. The number of urea groups is 1. The van der Waals surface area contributed by atoms with Gasteiger partial charge in [-0.25, -0.2) is 9.18 Å². The van der Waals surface area contributed by atoms with E-state index in [1.54, 1.807) is 24.1 Å². The van der Waals surface area contributed by atoms with Crippen molar-refractivity contribution in [3.05, 3.63) is 59.5 Å². The number of aromatic amines is 1. The number of hydrogen-bond acceptors (Lipinski definition) is 4. The van der Waals surface area contributed by atoms with Crippen molar-refractivity contribution in [1.29, 1.82) is 0 Å². The van der Waals surface area contributed by atoms with Crippen molar-refractivity contribution in [3.63, 3.8) is 0 Å². The van der Waals surface area contributed by atoms with Gasteiger partial charge in [-0.15, -0.1) is 0 Å². The first kappa shape index (κ1) is 21.4. The van der Waals surface area contributed by atoms with Crippen LogP contribution in [0.25, 0.3) is 10.9 Å².